The fourth-order valence-corrected chi connectivity index (χ4v) is 1.63. The lowest BCUT2D eigenvalue weighted by Gasteiger charge is -2.05. The molecule has 3 heterocycles. The van der Waals surface area contributed by atoms with E-state index in [9.17, 15) is 0 Å². The molecule has 0 radical (unpaired) electrons. The summed E-state index contributed by atoms with van der Waals surface area (Å²) in [5.74, 6) is 1.41. The van der Waals surface area contributed by atoms with Gasteiger partial charge in [0.05, 0.1) is 0 Å². The minimum Gasteiger partial charge on any atom is -0.350 e. The van der Waals surface area contributed by atoms with Gasteiger partial charge in [-0.15, -0.1) is 0 Å². The molecule has 19 heavy (non-hydrogen) atoms. The van der Waals surface area contributed by atoms with Gasteiger partial charge >= 0.3 is 0 Å². The maximum absolute atomic E-state index is 4.35. The predicted molar refractivity (Wildman–Crippen MR) is 70.7 cm³/mol. The summed E-state index contributed by atoms with van der Waals surface area (Å²) >= 11 is 0. The molecule has 3 aromatic heterocycles. The summed E-state index contributed by atoms with van der Waals surface area (Å²) in [6, 6.07) is 7.57. The second kappa shape index (κ2) is 5.26. The van der Waals surface area contributed by atoms with Crippen LogP contribution in [0.5, 0.6) is 0 Å². The van der Waals surface area contributed by atoms with Gasteiger partial charge in [0.1, 0.15) is 0 Å². The van der Waals surface area contributed by atoms with E-state index in [0.29, 0.717) is 12.5 Å². The van der Waals surface area contributed by atoms with Crippen molar-refractivity contribution in [1.29, 1.82) is 0 Å². The highest BCUT2D eigenvalue weighted by Crippen LogP contribution is 2.06. The Kier molecular flexibility index (Phi) is 3.14. The molecule has 6 nitrogen and oxygen atoms in total. The summed E-state index contributed by atoms with van der Waals surface area (Å²) in [5, 5.41) is 7.26. The lowest BCUT2D eigenvalue weighted by Crippen LogP contribution is -2.04. The highest BCUT2D eigenvalue weighted by atomic mass is 15.3. The van der Waals surface area contributed by atoms with Crippen LogP contribution in [0.4, 0.5) is 5.95 Å². The molecule has 0 saturated heterocycles. The van der Waals surface area contributed by atoms with Gasteiger partial charge in [-0.3, -0.25) is 0 Å². The Morgan fingerprint density at radius 1 is 1.00 bits per heavy atom. The SMILES string of the molecule is c1cnc(NCc2ccc(-n3cccn3)nc2)nc1. The Hall–Kier alpha value is -2.76. The molecule has 0 unspecified atom stereocenters. The van der Waals surface area contributed by atoms with Crippen molar-refractivity contribution in [2.75, 3.05) is 5.32 Å². The van der Waals surface area contributed by atoms with E-state index in [-0.39, 0.29) is 0 Å². The van der Waals surface area contributed by atoms with Crippen LogP contribution < -0.4 is 5.32 Å². The van der Waals surface area contributed by atoms with E-state index in [1.807, 2.05) is 30.6 Å². The van der Waals surface area contributed by atoms with Crippen LogP contribution in [0.25, 0.3) is 5.82 Å². The molecule has 0 aliphatic heterocycles. The highest BCUT2D eigenvalue weighted by molar-refractivity contribution is 5.28. The molecule has 6 heteroatoms. The molecule has 3 aromatic rings. The van der Waals surface area contributed by atoms with Crippen LogP contribution in [0, 0.1) is 0 Å². The average Bonchev–Trinajstić information content (AvgIpc) is 3.01. The van der Waals surface area contributed by atoms with E-state index < -0.39 is 0 Å². The number of hydrogen-bond donors (Lipinski definition) is 1. The van der Waals surface area contributed by atoms with Gasteiger partial charge in [0, 0.05) is 37.5 Å². The standard InChI is InChI=1S/C13H12N6/c1-5-14-13(15-6-1)17-10-11-3-4-12(16-9-11)19-8-2-7-18-19/h1-9H,10H2,(H,14,15,17). The van der Waals surface area contributed by atoms with Crippen molar-refractivity contribution in [3.63, 3.8) is 0 Å². The van der Waals surface area contributed by atoms with Gasteiger partial charge in [0.15, 0.2) is 5.82 Å². The number of nitrogens with zero attached hydrogens (tertiary/aromatic N) is 5. The van der Waals surface area contributed by atoms with Gasteiger partial charge in [0.2, 0.25) is 5.95 Å². The number of nitrogens with one attached hydrogen (secondary N) is 1. The lowest BCUT2D eigenvalue weighted by molar-refractivity contribution is 0.843. The van der Waals surface area contributed by atoms with Crippen LogP contribution in [-0.4, -0.2) is 24.7 Å². The largest absolute Gasteiger partial charge is 0.350 e. The van der Waals surface area contributed by atoms with Crippen molar-refractivity contribution in [2.45, 2.75) is 6.54 Å². The lowest BCUT2D eigenvalue weighted by atomic mass is 10.3. The van der Waals surface area contributed by atoms with E-state index in [1.165, 1.54) is 0 Å². The smallest absolute Gasteiger partial charge is 0.222 e. The van der Waals surface area contributed by atoms with Gasteiger partial charge in [-0.25, -0.2) is 19.6 Å². The Balaban J connectivity index is 1.67. The van der Waals surface area contributed by atoms with Crippen molar-refractivity contribution in [3.05, 3.63) is 60.8 Å². The average molecular weight is 252 g/mol. The third-order valence-electron chi connectivity index (χ3n) is 2.56. The first-order valence-electron chi connectivity index (χ1n) is 5.88. The molecule has 0 aliphatic carbocycles. The monoisotopic (exact) mass is 252 g/mol. The van der Waals surface area contributed by atoms with E-state index in [1.54, 1.807) is 29.3 Å². The fourth-order valence-electron chi connectivity index (χ4n) is 1.63. The van der Waals surface area contributed by atoms with Crippen molar-refractivity contribution < 1.29 is 0 Å². The van der Waals surface area contributed by atoms with Gasteiger partial charge in [-0.1, -0.05) is 6.07 Å². The van der Waals surface area contributed by atoms with Crippen molar-refractivity contribution >= 4 is 5.95 Å². The molecule has 0 bridgehead atoms. The number of rotatable bonds is 4. The van der Waals surface area contributed by atoms with E-state index in [2.05, 4.69) is 25.4 Å². The maximum atomic E-state index is 4.35. The highest BCUT2D eigenvalue weighted by Gasteiger charge is 1.99. The Morgan fingerprint density at radius 2 is 1.89 bits per heavy atom. The Bertz CT molecular complexity index is 618. The topological polar surface area (TPSA) is 68.5 Å². The van der Waals surface area contributed by atoms with Crippen LogP contribution in [0.1, 0.15) is 5.56 Å². The summed E-state index contributed by atoms with van der Waals surface area (Å²) < 4.78 is 1.72. The van der Waals surface area contributed by atoms with Crippen molar-refractivity contribution in [1.82, 2.24) is 24.7 Å². The van der Waals surface area contributed by atoms with E-state index >= 15 is 0 Å². The second-order valence-electron chi connectivity index (χ2n) is 3.90. The molecule has 1 N–H and O–H groups in total. The zero-order chi connectivity index (χ0) is 12.9. The number of aromatic nitrogens is 5. The molecule has 0 fully saturated rings. The van der Waals surface area contributed by atoms with Crippen LogP contribution >= 0.6 is 0 Å². The first-order chi connectivity index (χ1) is 9.42. The molecule has 94 valence electrons. The van der Waals surface area contributed by atoms with Crippen LogP contribution in [-0.2, 0) is 6.54 Å². The zero-order valence-electron chi connectivity index (χ0n) is 10.1. The van der Waals surface area contributed by atoms with Crippen LogP contribution in [0.15, 0.2) is 55.2 Å². The first kappa shape index (κ1) is 11.3. The molecule has 0 amide bonds. The normalized spacial score (nSPS) is 10.3. The summed E-state index contributed by atoms with van der Waals surface area (Å²) in [6.07, 6.45) is 8.80. The second-order valence-corrected chi connectivity index (χ2v) is 3.90. The van der Waals surface area contributed by atoms with Gasteiger partial charge in [0.25, 0.3) is 0 Å². The first-order valence-corrected chi connectivity index (χ1v) is 5.88. The number of hydrogen-bond acceptors (Lipinski definition) is 5. The molecule has 3 rings (SSSR count). The van der Waals surface area contributed by atoms with Crippen LogP contribution in [0.3, 0.4) is 0 Å². The number of pyridine rings is 1. The summed E-state index contributed by atoms with van der Waals surface area (Å²) in [6.45, 7) is 0.635. The molecule has 0 saturated carbocycles. The zero-order valence-corrected chi connectivity index (χ0v) is 10.1. The molecular weight excluding hydrogens is 240 g/mol. The molecule has 0 atom stereocenters. The van der Waals surface area contributed by atoms with Crippen molar-refractivity contribution in [2.24, 2.45) is 0 Å². The number of anilines is 1. The predicted octanol–water partition coefficient (Wildman–Crippen LogP) is 1.67. The van der Waals surface area contributed by atoms with E-state index in [4.69, 9.17) is 0 Å². The molecule has 0 spiro atoms. The van der Waals surface area contributed by atoms with Crippen molar-refractivity contribution in [3.8, 4) is 5.82 Å². The summed E-state index contributed by atoms with van der Waals surface area (Å²) in [7, 11) is 0. The maximum Gasteiger partial charge on any atom is 0.222 e. The van der Waals surface area contributed by atoms with E-state index in [0.717, 1.165) is 11.4 Å². The van der Waals surface area contributed by atoms with Gasteiger partial charge in [-0.2, -0.15) is 5.10 Å². The third kappa shape index (κ3) is 2.74. The fraction of sp³-hybridized carbons (Fsp3) is 0.0769. The van der Waals surface area contributed by atoms with Crippen LogP contribution in [0.2, 0.25) is 0 Å². The quantitative estimate of drug-likeness (QED) is 0.765. The Labute approximate surface area is 110 Å². The Morgan fingerprint density at radius 3 is 2.58 bits per heavy atom. The minimum atomic E-state index is 0.610. The summed E-state index contributed by atoms with van der Waals surface area (Å²) in [4.78, 5) is 12.5. The summed E-state index contributed by atoms with van der Waals surface area (Å²) in [5.41, 5.74) is 1.06. The molecular formula is C13H12N6. The van der Waals surface area contributed by atoms with Gasteiger partial charge < -0.3 is 5.32 Å². The van der Waals surface area contributed by atoms with Gasteiger partial charge in [-0.05, 0) is 23.8 Å². The molecule has 0 aliphatic rings. The minimum absolute atomic E-state index is 0.610. The molecule has 0 aromatic carbocycles. The third-order valence-corrected chi connectivity index (χ3v) is 2.56.